The van der Waals surface area contributed by atoms with Crippen LogP contribution in [0.4, 0.5) is 4.39 Å². The molecule has 0 radical (unpaired) electrons. The maximum atomic E-state index is 13.4. The van der Waals surface area contributed by atoms with Crippen LogP contribution in [0.3, 0.4) is 0 Å². The molecule has 0 amide bonds. The minimum absolute atomic E-state index is 0.274. The van der Waals surface area contributed by atoms with Gasteiger partial charge in [0.25, 0.3) is 0 Å². The second kappa shape index (κ2) is 7.13. The van der Waals surface area contributed by atoms with E-state index in [-0.39, 0.29) is 10.7 Å². The normalized spacial score (nSPS) is 14.3. The van der Waals surface area contributed by atoms with Gasteiger partial charge in [0.1, 0.15) is 5.82 Å². The van der Waals surface area contributed by atoms with Crippen molar-refractivity contribution >= 4 is 26.8 Å². The Hall–Kier alpha value is -3.12. The quantitative estimate of drug-likeness (QED) is 0.662. The number of aromatic nitrogens is 1. The van der Waals surface area contributed by atoms with Gasteiger partial charge in [-0.1, -0.05) is 12.1 Å². The number of pyridine rings is 1. The first-order valence-corrected chi connectivity index (χ1v) is 10.6. The highest BCUT2D eigenvalue weighted by Crippen LogP contribution is 2.37. The van der Waals surface area contributed by atoms with Gasteiger partial charge < -0.3 is 0 Å². The molecule has 4 rings (SSSR count). The number of hydrogen-bond donors (Lipinski definition) is 0. The number of benzene rings is 2. The summed E-state index contributed by atoms with van der Waals surface area (Å²) in [7, 11) is -3.25. The van der Waals surface area contributed by atoms with Gasteiger partial charge in [-0.3, -0.25) is 9.98 Å². The standard InChI is InChI=1S/C22H17FN2O2S/c1-28(26,27)19-8-4-16(5-9-19)21-14-20(15-10-12-24-13-11-15)22(25-21)17-2-6-18(23)7-3-17/h2-13H,14H2,1H3. The predicted molar refractivity (Wildman–Crippen MR) is 108 cm³/mol. The lowest BCUT2D eigenvalue weighted by Crippen LogP contribution is -2.01. The Kier molecular flexibility index (Phi) is 4.65. The number of allylic oxidation sites excluding steroid dienone is 1. The molecule has 1 aliphatic rings. The first kappa shape index (κ1) is 18.3. The van der Waals surface area contributed by atoms with Crippen molar-refractivity contribution in [2.24, 2.45) is 4.99 Å². The largest absolute Gasteiger partial charge is 0.265 e. The Bertz CT molecular complexity index is 1180. The maximum absolute atomic E-state index is 13.4. The van der Waals surface area contributed by atoms with Crippen molar-refractivity contribution in [2.75, 3.05) is 6.26 Å². The van der Waals surface area contributed by atoms with E-state index < -0.39 is 9.84 Å². The summed E-state index contributed by atoms with van der Waals surface area (Å²) in [4.78, 5) is 9.16. The van der Waals surface area contributed by atoms with Crippen LogP contribution in [0.2, 0.25) is 0 Å². The molecule has 4 nitrogen and oxygen atoms in total. The fourth-order valence-corrected chi connectivity index (χ4v) is 3.82. The zero-order chi connectivity index (χ0) is 19.7. The van der Waals surface area contributed by atoms with Crippen LogP contribution in [-0.4, -0.2) is 25.4 Å². The summed E-state index contributed by atoms with van der Waals surface area (Å²) < 4.78 is 36.7. The number of nitrogens with zero attached hydrogens (tertiary/aromatic N) is 2. The zero-order valence-corrected chi connectivity index (χ0v) is 15.9. The molecule has 1 aromatic heterocycles. The van der Waals surface area contributed by atoms with Gasteiger partial charge in [-0.05, 0) is 65.2 Å². The minimum atomic E-state index is -3.25. The van der Waals surface area contributed by atoms with Gasteiger partial charge >= 0.3 is 0 Å². The smallest absolute Gasteiger partial charge is 0.175 e. The third-order valence-electron chi connectivity index (χ3n) is 4.64. The van der Waals surface area contributed by atoms with E-state index in [1.54, 1.807) is 48.8 Å². The topological polar surface area (TPSA) is 59.4 Å². The summed E-state index contributed by atoms with van der Waals surface area (Å²) in [6, 6.07) is 16.8. The molecule has 0 bridgehead atoms. The van der Waals surface area contributed by atoms with Crippen LogP contribution in [0, 0.1) is 5.82 Å². The summed E-state index contributed by atoms with van der Waals surface area (Å²) in [5, 5.41) is 0. The Morgan fingerprint density at radius 3 is 2.04 bits per heavy atom. The van der Waals surface area contributed by atoms with Crippen LogP contribution in [0.5, 0.6) is 0 Å². The molecule has 2 heterocycles. The highest BCUT2D eigenvalue weighted by molar-refractivity contribution is 7.90. The van der Waals surface area contributed by atoms with Gasteiger partial charge in [-0.2, -0.15) is 0 Å². The second-order valence-electron chi connectivity index (χ2n) is 6.60. The molecule has 0 atom stereocenters. The van der Waals surface area contributed by atoms with Crippen molar-refractivity contribution in [3.63, 3.8) is 0 Å². The van der Waals surface area contributed by atoms with E-state index >= 15 is 0 Å². The van der Waals surface area contributed by atoms with Crippen molar-refractivity contribution in [1.29, 1.82) is 0 Å². The SMILES string of the molecule is CS(=O)(=O)c1ccc(C2=NC(c3ccc(F)cc3)=C(c3ccncc3)C2)cc1. The van der Waals surface area contributed by atoms with E-state index in [2.05, 4.69) is 4.98 Å². The molecule has 3 aromatic rings. The molecular formula is C22H17FN2O2S. The molecule has 0 spiro atoms. The number of halogens is 1. The van der Waals surface area contributed by atoms with Crippen LogP contribution in [0.1, 0.15) is 23.1 Å². The lowest BCUT2D eigenvalue weighted by atomic mass is 9.97. The van der Waals surface area contributed by atoms with E-state index in [0.717, 1.165) is 33.7 Å². The molecule has 0 saturated heterocycles. The number of hydrogen-bond acceptors (Lipinski definition) is 4. The average molecular weight is 392 g/mol. The van der Waals surface area contributed by atoms with Gasteiger partial charge in [0.05, 0.1) is 16.3 Å². The first-order valence-electron chi connectivity index (χ1n) is 8.69. The number of rotatable bonds is 4. The van der Waals surface area contributed by atoms with Crippen molar-refractivity contribution in [3.05, 3.63) is 95.6 Å². The lowest BCUT2D eigenvalue weighted by Gasteiger charge is -2.06. The highest BCUT2D eigenvalue weighted by Gasteiger charge is 2.22. The van der Waals surface area contributed by atoms with Crippen LogP contribution in [-0.2, 0) is 9.84 Å². The van der Waals surface area contributed by atoms with Gasteiger partial charge in [-0.15, -0.1) is 0 Å². The van der Waals surface area contributed by atoms with Gasteiger partial charge in [0, 0.05) is 30.6 Å². The molecule has 6 heteroatoms. The summed E-state index contributed by atoms with van der Waals surface area (Å²) in [6.07, 6.45) is 5.23. The zero-order valence-electron chi connectivity index (χ0n) is 15.1. The summed E-state index contributed by atoms with van der Waals surface area (Å²) in [5.41, 5.74) is 5.34. The molecule has 0 N–H and O–H groups in total. The van der Waals surface area contributed by atoms with Crippen LogP contribution < -0.4 is 0 Å². The monoisotopic (exact) mass is 392 g/mol. The molecule has 0 unspecified atom stereocenters. The predicted octanol–water partition coefficient (Wildman–Crippen LogP) is 4.39. The third-order valence-corrected chi connectivity index (χ3v) is 5.77. The first-order chi connectivity index (χ1) is 13.4. The van der Waals surface area contributed by atoms with E-state index in [4.69, 9.17) is 4.99 Å². The maximum Gasteiger partial charge on any atom is 0.175 e. The Labute approximate surface area is 163 Å². The second-order valence-corrected chi connectivity index (χ2v) is 8.62. The van der Waals surface area contributed by atoms with E-state index in [1.807, 2.05) is 12.1 Å². The lowest BCUT2D eigenvalue weighted by molar-refractivity contribution is 0.602. The molecule has 140 valence electrons. The third kappa shape index (κ3) is 3.64. The van der Waals surface area contributed by atoms with Crippen molar-refractivity contribution < 1.29 is 12.8 Å². The Morgan fingerprint density at radius 2 is 1.43 bits per heavy atom. The molecule has 2 aromatic carbocycles. The van der Waals surface area contributed by atoms with Gasteiger partial charge in [0.15, 0.2) is 9.84 Å². The van der Waals surface area contributed by atoms with E-state index in [0.29, 0.717) is 6.42 Å². The van der Waals surface area contributed by atoms with Crippen molar-refractivity contribution in [2.45, 2.75) is 11.3 Å². The molecule has 28 heavy (non-hydrogen) atoms. The fourth-order valence-electron chi connectivity index (χ4n) is 3.19. The molecule has 0 fully saturated rings. The molecular weight excluding hydrogens is 375 g/mol. The van der Waals surface area contributed by atoms with E-state index in [9.17, 15) is 12.8 Å². The van der Waals surface area contributed by atoms with Crippen molar-refractivity contribution in [1.82, 2.24) is 4.98 Å². The molecule has 0 aliphatic carbocycles. The van der Waals surface area contributed by atoms with Crippen LogP contribution in [0.15, 0.2) is 82.9 Å². The Balaban J connectivity index is 1.76. The Morgan fingerprint density at radius 1 is 0.821 bits per heavy atom. The summed E-state index contributed by atoms with van der Waals surface area (Å²) in [6.45, 7) is 0. The van der Waals surface area contributed by atoms with E-state index in [1.165, 1.54) is 18.4 Å². The van der Waals surface area contributed by atoms with Crippen molar-refractivity contribution in [3.8, 4) is 0 Å². The molecule has 1 aliphatic heterocycles. The van der Waals surface area contributed by atoms with Gasteiger partial charge in [0.2, 0.25) is 0 Å². The number of sulfone groups is 1. The molecule has 0 saturated carbocycles. The summed E-state index contributed by atoms with van der Waals surface area (Å²) >= 11 is 0. The summed E-state index contributed by atoms with van der Waals surface area (Å²) in [5.74, 6) is -0.298. The highest BCUT2D eigenvalue weighted by atomic mass is 32.2. The van der Waals surface area contributed by atoms with Crippen LogP contribution >= 0.6 is 0 Å². The average Bonchev–Trinajstić information content (AvgIpc) is 3.14. The number of aliphatic imine (C=N–C) groups is 1. The van der Waals surface area contributed by atoms with Crippen LogP contribution in [0.25, 0.3) is 11.3 Å². The minimum Gasteiger partial charge on any atom is -0.265 e. The van der Waals surface area contributed by atoms with Gasteiger partial charge in [-0.25, -0.2) is 12.8 Å². The fraction of sp³-hybridized carbons (Fsp3) is 0.0909.